The number of hydrogen-bond donors (Lipinski definition) is 1. The molecule has 4 heteroatoms. The van der Waals surface area contributed by atoms with E-state index in [1.165, 1.54) is 27.3 Å². The van der Waals surface area contributed by atoms with E-state index in [0.29, 0.717) is 5.84 Å². The Morgan fingerprint density at radius 1 is 0.471 bits per heavy atom. The van der Waals surface area contributed by atoms with Crippen LogP contribution in [-0.2, 0) is 0 Å². The molecule has 8 aromatic carbocycles. The molecule has 1 aliphatic heterocycles. The number of nitrogens with one attached hydrogen (secondary N) is 1. The van der Waals surface area contributed by atoms with Gasteiger partial charge in [-0.2, -0.15) is 0 Å². The van der Waals surface area contributed by atoms with Gasteiger partial charge in [0.25, 0.3) is 0 Å². The van der Waals surface area contributed by atoms with Crippen molar-refractivity contribution >= 4 is 55.2 Å². The molecule has 0 bridgehead atoms. The van der Waals surface area contributed by atoms with E-state index in [2.05, 4.69) is 145 Å². The first kappa shape index (κ1) is 29.2. The summed E-state index contributed by atoms with van der Waals surface area (Å²) in [6.45, 7) is 0. The van der Waals surface area contributed by atoms with Gasteiger partial charge in [0, 0.05) is 27.5 Å². The third-order valence-electron chi connectivity index (χ3n) is 9.89. The van der Waals surface area contributed by atoms with Crippen LogP contribution in [-0.4, -0.2) is 11.7 Å². The van der Waals surface area contributed by atoms with E-state index in [-0.39, 0.29) is 0 Å². The number of hydrogen-bond acceptors (Lipinski definition) is 4. The third-order valence-corrected chi connectivity index (χ3v) is 9.89. The summed E-state index contributed by atoms with van der Waals surface area (Å²) < 4.78 is 6.90. The predicted octanol–water partition coefficient (Wildman–Crippen LogP) is 11.7. The molecule has 1 unspecified atom stereocenters. The quantitative estimate of drug-likeness (QED) is 0.201. The van der Waals surface area contributed by atoms with Crippen LogP contribution in [0.25, 0.3) is 65.7 Å². The molecule has 240 valence electrons. The predicted molar refractivity (Wildman–Crippen MR) is 211 cm³/mol. The molecular weight excluding hydrogens is 623 g/mol. The molecule has 0 saturated carbocycles. The number of benzene rings is 8. The van der Waals surface area contributed by atoms with Gasteiger partial charge in [0.05, 0.1) is 0 Å². The van der Waals surface area contributed by atoms with E-state index >= 15 is 0 Å². The van der Waals surface area contributed by atoms with Crippen molar-refractivity contribution in [3.05, 3.63) is 193 Å². The molecule has 0 amide bonds. The van der Waals surface area contributed by atoms with Crippen LogP contribution >= 0.6 is 0 Å². The van der Waals surface area contributed by atoms with Gasteiger partial charge in [0.15, 0.2) is 12.0 Å². The fourth-order valence-electron chi connectivity index (χ4n) is 7.34. The maximum Gasteiger partial charge on any atom is 0.159 e. The first-order valence-corrected chi connectivity index (χ1v) is 17.3. The lowest BCUT2D eigenvalue weighted by molar-refractivity contribution is 0.629. The Hall–Kier alpha value is -6.78. The Labute approximate surface area is 295 Å². The molecule has 0 spiro atoms. The van der Waals surface area contributed by atoms with Gasteiger partial charge < -0.3 is 9.73 Å². The van der Waals surface area contributed by atoms with Crippen molar-refractivity contribution in [3.8, 4) is 22.3 Å². The van der Waals surface area contributed by atoms with Crippen molar-refractivity contribution in [3.63, 3.8) is 0 Å². The molecule has 51 heavy (non-hydrogen) atoms. The van der Waals surface area contributed by atoms with Gasteiger partial charge >= 0.3 is 0 Å². The summed E-state index contributed by atoms with van der Waals surface area (Å²) in [4.78, 5) is 10.2. The van der Waals surface area contributed by atoms with E-state index in [1.807, 2.05) is 36.4 Å². The van der Waals surface area contributed by atoms with Crippen LogP contribution in [0.3, 0.4) is 0 Å². The summed E-state index contributed by atoms with van der Waals surface area (Å²) in [7, 11) is 0. The minimum Gasteiger partial charge on any atom is -0.456 e. The lowest BCUT2D eigenvalue weighted by Gasteiger charge is -2.24. The number of rotatable bonds is 5. The van der Waals surface area contributed by atoms with E-state index < -0.39 is 6.17 Å². The highest BCUT2D eigenvalue weighted by molar-refractivity contribution is 6.17. The Balaban J connectivity index is 1.18. The molecule has 0 saturated heterocycles. The minimum absolute atomic E-state index is 0.427. The normalized spacial score (nSPS) is 14.5. The summed E-state index contributed by atoms with van der Waals surface area (Å²) in [5, 5.41) is 10.6. The summed E-state index contributed by atoms with van der Waals surface area (Å²) in [5.74, 6) is 1.46. The summed E-state index contributed by atoms with van der Waals surface area (Å²) in [6, 6.07) is 61.7. The fourth-order valence-corrected chi connectivity index (χ4v) is 7.34. The van der Waals surface area contributed by atoms with Gasteiger partial charge in [-0.1, -0.05) is 152 Å². The first-order chi connectivity index (χ1) is 25.2. The van der Waals surface area contributed by atoms with Crippen molar-refractivity contribution in [1.29, 1.82) is 0 Å². The second-order valence-corrected chi connectivity index (χ2v) is 13.0. The van der Waals surface area contributed by atoms with Crippen molar-refractivity contribution in [1.82, 2.24) is 5.32 Å². The van der Waals surface area contributed by atoms with Gasteiger partial charge in [-0.15, -0.1) is 0 Å². The molecule has 0 fully saturated rings. The highest BCUT2D eigenvalue weighted by atomic mass is 16.3. The topological polar surface area (TPSA) is 49.9 Å². The highest BCUT2D eigenvalue weighted by Crippen LogP contribution is 2.43. The molecule has 4 nitrogen and oxygen atoms in total. The highest BCUT2D eigenvalue weighted by Gasteiger charge is 2.26. The SMILES string of the molecule is c1ccc(C2=NC(c3ccc(-c4cccc(-c5ccc6ccccc6c5)c4)c4c3oc3cc5ccccc5cc34)NC(c3ccccc3)=N2)cc1. The summed E-state index contributed by atoms with van der Waals surface area (Å²) >= 11 is 0. The average Bonchev–Trinajstić information content (AvgIpc) is 3.58. The Kier molecular flexibility index (Phi) is 6.85. The van der Waals surface area contributed by atoms with Gasteiger partial charge in [-0.3, -0.25) is 0 Å². The Morgan fingerprint density at radius 2 is 1.10 bits per heavy atom. The van der Waals surface area contributed by atoms with Crippen LogP contribution in [0.2, 0.25) is 0 Å². The molecule has 0 radical (unpaired) electrons. The smallest absolute Gasteiger partial charge is 0.159 e. The average molecular weight is 654 g/mol. The molecule has 9 aromatic rings. The zero-order valence-electron chi connectivity index (χ0n) is 27.6. The second kappa shape index (κ2) is 12.0. The zero-order valence-corrected chi connectivity index (χ0v) is 27.6. The second-order valence-electron chi connectivity index (χ2n) is 13.0. The van der Waals surface area contributed by atoms with Crippen LogP contribution < -0.4 is 5.32 Å². The lowest BCUT2D eigenvalue weighted by Crippen LogP contribution is -2.33. The van der Waals surface area contributed by atoms with Crippen LogP contribution in [0.4, 0.5) is 0 Å². The molecule has 1 atom stereocenters. The molecule has 1 aromatic heterocycles. The van der Waals surface area contributed by atoms with Crippen LogP contribution in [0.5, 0.6) is 0 Å². The van der Waals surface area contributed by atoms with E-state index in [1.54, 1.807) is 0 Å². The number of amidine groups is 2. The number of furan rings is 1. The van der Waals surface area contributed by atoms with Crippen molar-refractivity contribution in [2.24, 2.45) is 9.98 Å². The van der Waals surface area contributed by atoms with Gasteiger partial charge in [0.2, 0.25) is 0 Å². The molecule has 1 aliphatic rings. The standard InChI is InChI=1S/C47H31N3O/c1-3-13-31(14-4-1)45-48-46(32-15-5-2-6-16-32)50-47(49-45)40-25-24-39(43-41-28-35-18-9-10-19-36(35)29-42(41)51-44(40)43)38-21-11-20-34(27-38)37-23-22-30-12-7-8-17-33(30)26-37/h1-29,47H,(H,48,49,50). The lowest BCUT2D eigenvalue weighted by atomic mass is 9.93. The maximum atomic E-state index is 6.90. The van der Waals surface area contributed by atoms with Gasteiger partial charge in [-0.05, 0) is 68.1 Å². The number of nitrogens with zero attached hydrogens (tertiary/aromatic N) is 2. The fraction of sp³-hybridized carbons (Fsp3) is 0.0213. The van der Waals surface area contributed by atoms with Crippen molar-refractivity contribution < 1.29 is 4.42 Å². The van der Waals surface area contributed by atoms with E-state index in [9.17, 15) is 0 Å². The molecule has 1 N–H and O–H groups in total. The van der Waals surface area contributed by atoms with Crippen LogP contribution in [0.1, 0.15) is 22.9 Å². The minimum atomic E-state index is -0.427. The summed E-state index contributed by atoms with van der Waals surface area (Å²) in [5.41, 5.74) is 9.19. The number of aliphatic imine (C=N–C) groups is 2. The van der Waals surface area contributed by atoms with Crippen LogP contribution in [0.15, 0.2) is 190 Å². The monoisotopic (exact) mass is 653 g/mol. The zero-order chi connectivity index (χ0) is 33.7. The van der Waals surface area contributed by atoms with Crippen molar-refractivity contribution in [2.75, 3.05) is 0 Å². The van der Waals surface area contributed by atoms with Crippen LogP contribution in [0, 0.1) is 0 Å². The van der Waals surface area contributed by atoms with E-state index in [4.69, 9.17) is 14.4 Å². The summed E-state index contributed by atoms with van der Waals surface area (Å²) in [6.07, 6.45) is -0.427. The Bertz CT molecular complexity index is 2830. The van der Waals surface area contributed by atoms with Crippen molar-refractivity contribution in [2.45, 2.75) is 6.17 Å². The van der Waals surface area contributed by atoms with E-state index in [0.717, 1.165) is 61.0 Å². The molecule has 2 heterocycles. The van der Waals surface area contributed by atoms with Gasteiger partial charge in [-0.25, -0.2) is 9.98 Å². The maximum absolute atomic E-state index is 6.90. The first-order valence-electron chi connectivity index (χ1n) is 17.3. The molecule has 0 aliphatic carbocycles. The third kappa shape index (κ3) is 5.17. The Morgan fingerprint density at radius 3 is 1.88 bits per heavy atom. The molecule has 10 rings (SSSR count). The van der Waals surface area contributed by atoms with Gasteiger partial charge in [0.1, 0.15) is 17.0 Å². The molecular formula is C47H31N3O. The number of fused-ring (bicyclic) bond motifs is 5. The largest absolute Gasteiger partial charge is 0.456 e.